The van der Waals surface area contributed by atoms with Gasteiger partial charge in [0.05, 0.1) is 0 Å². The van der Waals surface area contributed by atoms with E-state index in [1.54, 1.807) is 0 Å². The van der Waals surface area contributed by atoms with Gasteiger partial charge in [0.25, 0.3) is 0 Å². The molecule has 1 unspecified atom stereocenters. The van der Waals surface area contributed by atoms with Crippen LogP contribution in [0.5, 0.6) is 0 Å². The van der Waals surface area contributed by atoms with Gasteiger partial charge >= 0.3 is 8.25 Å². The lowest BCUT2D eigenvalue weighted by atomic mass is 11.2. The molecule has 0 aromatic carbocycles. The molecule has 0 heterocycles. The molecule has 0 aromatic rings. The second-order valence-electron chi connectivity index (χ2n) is 0.510. The van der Waals surface area contributed by atoms with E-state index >= 15 is 0 Å². The molecule has 0 aliphatic rings. The molecule has 0 aliphatic carbocycles. The van der Waals surface area contributed by atoms with Crippen LogP contribution in [-0.2, 0) is 9.09 Å². The Kier molecular flexibility index (Phi) is 8.54. The molecule has 1 atom stereocenters. The summed E-state index contributed by atoms with van der Waals surface area (Å²) >= 11 is 0. The SMILES string of the molecule is C=CO[P+](=O)O.S. The Morgan fingerprint density at radius 2 is 2.29 bits per heavy atom. The van der Waals surface area contributed by atoms with Gasteiger partial charge in [-0.15, -0.1) is 4.89 Å². The highest BCUT2D eigenvalue weighted by Gasteiger charge is 2.05. The highest BCUT2D eigenvalue weighted by molar-refractivity contribution is 7.59. The number of rotatable bonds is 2. The van der Waals surface area contributed by atoms with Crippen LogP contribution >= 0.6 is 21.8 Å². The summed E-state index contributed by atoms with van der Waals surface area (Å²) < 4.78 is 13.3. The molecule has 0 spiro atoms. The maximum Gasteiger partial charge on any atom is 0.746 e. The van der Waals surface area contributed by atoms with Gasteiger partial charge in [0.2, 0.25) is 0 Å². The molecule has 0 bridgehead atoms. The topological polar surface area (TPSA) is 46.5 Å². The van der Waals surface area contributed by atoms with Crippen molar-refractivity contribution >= 4 is 21.8 Å². The normalized spacial score (nSPS) is 8.43. The third-order valence-corrected chi connectivity index (χ3v) is 0.494. The van der Waals surface area contributed by atoms with Crippen molar-refractivity contribution in [2.24, 2.45) is 0 Å². The largest absolute Gasteiger partial charge is 0.746 e. The highest BCUT2D eigenvalue weighted by atomic mass is 32.1. The van der Waals surface area contributed by atoms with Crippen LogP contribution in [0.2, 0.25) is 0 Å². The van der Waals surface area contributed by atoms with Gasteiger partial charge in [-0.2, -0.15) is 13.5 Å². The van der Waals surface area contributed by atoms with Crippen LogP contribution in [0.25, 0.3) is 0 Å². The lowest BCUT2D eigenvalue weighted by Crippen LogP contribution is -1.55. The molecule has 0 aromatic heterocycles. The van der Waals surface area contributed by atoms with Crippen molar-refractivity contribution in [3.05, 3.63) is 12.8 Å². The molecular weight excluding hydrogens is 135 g/mol. The first-order valence-corrected chi connectivity index (χ1v) is 2.34. The van der Waals surface area contributed by atoms with E-state index < -0.39 is 8.25 Å². The molecule has 0 saturated carbocycles. The van der Waals surface area contributed by atoms with Crippen LogP contribution in [0.3, 0.4) is 0 Å². The van der Waals surface area contributed by atoms with Crippen molar-refractivity contribution in [3.8, 4) is 0 Å². The van der Waals surface area contributed by atoms with Crippen LogP contribution in [0.15, 0.2) is 12.8 Å². The number of hydrogen-bond acceptors (Lipinski definition) is 2. The van der Waals surface area contributed by atoms with E-state index in [0.29, 0.717) is 0 Å². The standard InChI is InChI=1S/C2H3O3P.H2S/c1-2-5-6(3)4;/h2H,1H2;1H2/p+1. The van der Waals surface area contributed by atoms with Gasteiger partial charge in [-0.1, -0.05) is 6.58 Å². The fraction of sp³-hybridized carbons (Fsp3) is 0. The van der Waals surface area contributed by atoms with E-state index in [4.69, 9.17) is 4.89 Å². The Labute approximate surface area is 49.4 Å². The Hall–Kier alpha value is -0.0500. The second kappa shape index (κ2) is 5.95. The van der Waals surface area contributed by atoms with Crippen molar-refractivity contribution < 1.29 is 14.0 Å². The fourth-order valence-corrected chi connectivity index (χ4v) is 0.191. The predicted molar refractivity (Wildman–Crippen MR) is 31.5 cm³/mol. The summed E-state index contributed by atoms with van der Waals surface area (Å²) in [5, 5.41) is 0. The van der Waals surface area contributed by atoms with Crippen molar-refractivity contribution in [2.45, 2.75) is 0 Å². The van der Waals surface area contributed by atoms with Crippen molar-refractivity contribution in [3.63, 3.8) is 0 Å². The molecular formula is C2H6O3PS+. The molecule has 7 heavy (non-hydrogen) atoms. The molecule has 0 saturated heterocycles. The van der Waals surface area contributed by atoms with Gasteiger partial charge in [0, 0.05) is 4.57 Å². The van der Waals surface area contributed by atoms with Crippen LogP contribution in [-0.4, -0.2) is 4.89 Å². The van der Waals surface area contributed by atoms with Gasteiger partial charge in [0.1, 0.15) is 6.26 Å². The van der Waals surface area contributed by atoms with E-state index in [1.807, 2.05) is 0 Å². The first kappa shape index (κ1) is 10.0. The van der Waals surface area contributed by atoms with Crippen molar-refractivity contribution in [2.75, 3.05) is 0 Å². The lowest BCUT2D eigenvalue weighted by molar-refractivity contribution is 0.379. The van der Waals surface area contributed by atoms with Crippen molar-refractivity contribution in [1.82, 2.24) is 0 Å². The van der Waals surface area contributed by atoms with E-state index in [1.165, 1.54) is 0 Å². The van der Waals surface area contributed by atoms with Gasteiger partial charge in [-0.05, 0) is 0 Å². The molecule has 42 valence electrons. The Bertz CT molecular complexity index is 73.3. The quantitative estimate of drug-likeness (QED) is 0.459. The molecule has 0 fully saturated rings. The Balaban J connectivity index is 0. The molecule has 5 heteroatoms. The van der Waals surface area contributed by atoms with E-state index in [-0.39, 0.29) is 13.5 Å². The third kappa shape index (κ3) is 10.7. The Morgan fingerprint density at radius 1 is 1.86 bits per heavy atom. The zero-order valence-corrected chi connectivity index (χ0v) is 5.39. The summed E-state index contributed by atoms with van der Waals surface area (Å²) in [6.45, 7) is 3.03. The summed E-state index contributed by atoms with van der Waals surface area (Å²) in [7, 11) is -2.47. The maximum absolute atomic E-state index is 9.45. The van der Waals surface area contributed by atoms with Gasteiger partial charge < -0.3 is 0 Å². The zero-order valence-electron chi connectivity index (χ0n) is 3.50. The van der Waals surface area contributed by atoms with Crippen LogP contribution in [0.4, 0.5) is 0 Å². The summed E-state index contributed by atoms with van der Waals surface area (Å²) in [5.41, 5.74) is 0. The van der Waals surface area contributed by atoms with E-state index in [0.717, 1.165) is 6.26 Å². The summed E-state index contributed by atoms with van der Waals surface area (Å²) in [6, 6.07) is 0. The molecule has 1 N–H and O–H groups in total. The minimum Gasteiger partial charge on any atom is -0.238 e. The molecule has 0 rings (SSSR count). The van der Waals surface area contributed by atoms with E-state index in [2.05, 4.69) is 11.1 Å². The molecule has 0 aliphatic heterocycles. The maximum atomic E-state index is 9.45. The van der Waals surface area contributed by atoms with Crippen LogP contribution < -0.4 is 0 Å². The zero-order chi connectivity index (χ0) is 4.99. The molecule has 0 amide bonds. The fourth-order valence-electron chi connectivity index (χ4n) is 0.0638. The van der Waals surface area contributed by atoms with Gasteiger partial charge in [0.15, 0.2) is 0 Å². The average Bonchev–Trinajstić information content (AvgIpc) is 1.35. The first-order chi connectivity index (χ1) is 2.77. The van der Waals surface area contributed by atoms with Crippen LogP contribution in [0.1, 0.15) is 0 Å². The predicted octanol–water partition coefficient (Wildman–Crippen LogP) is 0.909. The molecule has 0 radical (unpaired) electrons. The summed E-state index contributed by atoms with van der Waals surface area (Å²) in [5.74, 6) is 0. The summed E-state index contributed by atoms with van der Waals surface area (Å²) in [4.78, 5) is 7.77. The Morgan fingerprint density at radius 3 is 2.29 bits per heavy atom. The second-order valence-corrected chi connectivity index (χ2v) is 1.20. The van der Waals surface area contributed by atoms with Crippen LogP contribution in [0, 0.1) is 0 Å². The lowest BCUT2D eigenvalue weighted by Gasteiger charge is -1.63. The van der Waals surface area contributed by atoms with Crippen molar-refractivity contribution in [1.29, 1.82) is 0 Å². The minimum absolute atomic E-state index is 0. The minimum atomic E-state index is -2.47. The number of hydrogen-bond donors (Lipinski definition) is 1. The monoisotopic (exact) mass is 141 g/mol. The first-order valence-electron chi connectivity index (χ1n) is 1.21. The third-order valence-electron chi connectivity index (χ3n) is 0.165. The van der Waals surface area contributed by atoms with E-state index in [9.17, 15) is 4.57 Å². The van der Waals surface area contributed by atoms with Gasteiger partial charge in [-0.3, -0.25) is 0 Å². The summed E-state index contributed by atoms with van der Waals surface area (Å²) in [6.07, 6.45) is 0.915. The smallest absolute Gasteiger partial charge is 0.238 e. The highest BCUT2D eigenvalue weighted by Crippen LogP contribution is 2.12. The average molecular weight is 141 g/mol. The van der Waals surface area contributed by atoms with Gasteiger partial charge in [-0.25, -0.2) is 4.52 Å². The molecule has 3 nitrogen and oxygen atoms in total.